The van der Waals surface area contributed by atoms with Gasteiger partial charge < -0.3 is 9.97 Å². The number of hydrogen-bond acceptors (Lipinski definition) is 0. The van der Waals surface area contributed by atoms with Gasteiger partial charge in [-0.25, -0.2) is 0 Å². The van der Waals surface area contributed by atoms with Crippen LogP contribution in [0.3, 0.4) is 0 Å². The summed E-state index contributed by atoms with van der Waals surface area (Å²) in [5.74, 6) is 0. The van der Waals surface area contributed by atoms with Gasteiger partial charge in [-0.15, -0.1) is 0 Å². The maximum Gasteiger partial charge on any atom is 0.0551 e. The molecule has 3 aromatic rings. The summed E-state index contributed by atoms with van der Waals surface area (Å²) in [6, 6.07) is 10.6. The summed E-state index contributed by atoms with van der Waals surface area (Å²) in [7, 11) is 0. The highest BCUT2D eigenvalue weighted by Gasteiger charge is 2.09. The Morgan fingerprint density at radius 1 is 1.06 bits per heavy atom. The average Bonchev–Trinajstić information content (AvgIpc) is 2.81. The molecule has 0 spiro atoms. The Labute approximate surface area is 94.3 Å². The van der Waals surface area contributed by atoms with Gasteiger partial charge in [-0.1, -0.05) is 24.3 Å². The van der Waals surface area contributed by atoms with Crippen LogP contribution in [0.5, 0.6) is 0 Å². The van der Waals surface area contributed by atoms with Gasteiger partial charge >= 0.3 is 0 Å². The molecule has 2 nitrogen and oxygen atoms in total. The van der Waals surface area contributed by atoms with E-state index in [1.54, 1.807) is 0 Å². The zero-order valence-electron chi connectivity index (χ0n) is 9.46. The molecule has 0 amide bonds. The summed E-state index contributed by atoms with van der Waals surface area (Å²) in [6.07, 6.45) is 2.06. The number of hydrogen-bond donors (Lipinski definition) is 2. The summed E-state index contributed by atoms with van der Waals surface area (Å²) >= 11 is 0. The van der Waals surface area contributed by atoms with Gasteiger partial charge in [-0.2, -0.15) is 0 Å². The second-order valence-corrected chi connectivity index (χ2v) is 4.24. The Morgan fingerprint density at radius 3 is 2.62 bits per heavy atom. The van der Waals surface area contributed by atoms with E-state index in [1.165, 1.54) is 33.4 Å². The molecule has 0 saturated carbocycles. The van der Waals surface area contributed by atoms with Crippen LogP contribution in [-0.4, -0.2) is 9.97 Å². The van der Waals surface area contributed by atoms with E-state index in [-0.39, 0.29) is 0 Å². The molecule has 2 heterocycles. The van der Waals surface area contributed by atoms with Crippen LogP contribution < -0.4 is 0 Å². The molecule has 0 bridgehead atoms. The van der Waals surface area contributed by atoms with E-state index < -0.39 is 0 Å². The second-order valence-electron chi connectivity index (χ2n) is 4.24. The van der Waals surface area contributed by atoms with Gasteiger partial charge in [-0.05, 0) is 25.3 Å². The molecule has 0 aliphatic carbocycles. The smallest absolute Gasteiger partial charge is 0.0551 e. The van der Waals surface area contributed by atoms with Crippen molar-refractivity contribution < 1.29 is 0 Å². The van der Waals surface area contributed by atoms with E-state index in [4.69, 9.17) is 0 Å². The minimum absolute atomic E-state index is 1.20. The molecule has 2 aromatic heterocycles. The van der Waals surface area contributed by atoms with Crippen molar-refractivity contribution in [1.29, 1.82) is 0 Å². The highest BCUT2D eigenvalue weighted by molar-refractivity contribution is 5.96. The third-order valence-corrected chi connectivity index (χ3v) is 3.02. The molecule has 0 atom stereocenters. The van der Waals surface area contributed by atoms with Crippen LogP contribution in [0.25, 0.3) is 22.0 Å². The molecule has 0 fully saturated rings. The third-order valence-electron chi connectivity index (χ3n) is 3.02. The Balaban J connectivity index is 2.30. The Hall–Kier alpha value is -1.96. The number of fused-ring (bicyclic) bond motifs is 1. The predicted octanol–water partition coefficient (Wildman–Crippen LogP) is 3.78. The lowest BCUT2D eigenvalue weighted by atomic mass is 10.1. The van der Waals surface area contributed by atoms with Crippen LogP contribution in [0.4, 0.5) is 0 Å². The number of rotatable bonds is 1. The summed E-state index contributed by atoms with van der Waals surface area (Å²) in [6.45, 7) is 4.19. The molecule has 2 N–H and O–H groups in total. The molecule has 3 rings (SSSR count). The van der Waals surface area contributed by atoms with Gasteiger partial charge in [0.15, 0.2) is 0 Å². The topological polar surface area (TPSA) is 31.6 Å². The number of benzene rings is 1. The second kappa shape index (κ2) is 3.27. The van der Waals surface area contributed by atoms with Gasteiger partial charge in [0.05, 0.1) is 5.69 Å². The highest BCUT2D eigenvalue weighted by Crippen LogP contribution is 2.30. The summed E-state index contributed by atoms with van der Waals surface area (Å²) in [5.41, 5.74) is 4.88. The minimum atomic E-state index is 1.20. The SMILES string of the molecule is Cc1cc(-c2[nH]cc3ccccc23)c(C)[nH]1. The van der Waals surface area contributed by atoms with Crippen molar-refractivity contribution in [2.75, 3.05) is 0 Å². The molecule has 0 unspecified atom stereocenters. The standard InChI is InChI=1S/C14H14N2/c1-9-7-13(10(2)16-9)14-12-6-4-3-5-11(12)8-15-14/h3-8,15-16H,1-2H3. The van der Waals surface area contributed by atoms with Crippen molar-refractivity contribution in [2.24, 2.45) is 0 Å². The first-order valence-electron chi connectivity index (χ1n) is 5.48. The molecule has 0 aliphatic rings. The largest absolute Gasteiger partial charge is 0.362 e. The van der Waals surface area contributed by atoms with Crippen molar-refractivity contribution in [3.63, 3.8) is 0 Å². The van der Waals surface area contributed by atoms with E-state index in [2.05, 4.69) is 60.3 Å². The Kier molecular flexibility index (Phi) is 1.90. The monoisotopic (exact) mass is 210 g/mol. The molecule has 2 heteroatoms. The first-order valence-corrected chi connectivity index (χ1v) is 5.48. The van der Waals surface area contributed by atoms with Crippen molar-refractivity contribution in [3.05, 3.63) is 47.9 Å². The third kappa shape index (κ3) is 1.27. The minimum Gasteiger partial charge on any atom is -0.362 e. The lowest BCUT2D eigenvalue weighted by Gasteiger charge is -1.97. The molecule has 0 aliphatic heterocycles. The fourth-order valence-electron chi connectivity index (χ4n) is 2.28. The number of H-pyrrole nitrogens is 2. The van der Waals surface area contributed by atoms with E-state index in [1.807, 2.05) is 0 Å². The van der Waals surface area contributed by atoms with Crippen molar-refractivity contribution in [1.82, 2.24) is 9.97 Å². The van der Waals surface area contributed by atoms with Gasteiger partial charge in [0.2, 0.25) is 0 Å². The van der Waals surface area contributed by atoms with Crippen molar-refractivity contribution >= 4 is 10.8 Å². The highest BCUT2D eigenvalue weighted by atomic mass is 14.7. The lowest BCUT2D eigenvalue weighted by molar-refractivity contribution is 1.19. The lowest BCUT2D eigenvalue weighted by Crippen LogP contribution is -1.78. The number of nitrogens with one attached hydrogen (secondary N) is 2. The van der Waals surface area contributed by atoms with Crippen LogP contribution in [0, 0.1) is 13.8 Å². The zero-order valence-corrected chi connectivity index (χ0v) is 9.46. The molecular weight excluding hydrogens is 196 g/mol. The van der Waals surface area contributed by atoms with E-state index >= 15 is 0 Å². The average molecular weight is 210 g/mol. The molecule has 1 aromatic carbocycles. The van der Waals surface area contributed by atoms with Crippen LogP contribution >= 0.6 is 0 Å². The molecule has 80 valence electrons. The fourth-order valence-corrected chi connectivity index (χ4v) is 2.28. The van der Waals surface area contributed by atoms with Crippen LogP contribution in [0.2, 0.25) is 0 Å². The Morgan fingerprint density at radius 2 is 1.88 bits per heavy atom. The fraction of sp³-hybridized carbons (Fsp3) is 0.143. The first-order chi connectivity index (χ1) is 7.75. The molecular formula is C14H14N2. The maximum absolute atomic E-state index is 3.36. The zero-order chi connectivity index (χ0) is 11.1. The van der Waals surface area contributed by atoms with Gasteiger partial charge in [-0.3, -0.25) is 0 Å². The van der Waals surface area contributed by atoms with Gasteiger partial charge in [0, 0.05) is 28.5 Å². The van der Waals surface area contributed by atoms with Crippen molar-refractivity contribution in [3.8, 4) is 11.3 Å². The van der Waals surface area contributed by atoms with Gasteiger partial charge in [0.1, 0.15) is 0 Å². The van der Waals surface area contributed by atoms with E-state index in [9.17, 15) is 0 Å². The summed E-state index contributed by atoms with van der Waals surface area (Å²) in [4.78, 5) is 6.70. The van der Waals surface area contributed by atoms with Crippen LogP contribution in [0.1, 0.15) is 11.4 Å². The predicted molar refractivity (Wildman–Crippen MR) is 67.6 cm³/mol. The molecule has 16 heavy (non-hydrogen) atoms. The molecule has 0 saturated heterocycles. The summed E-state index contributed by atoms with van der Waals surface area (Å²) < 4.78 is 0. The number of aromatic nitrogens is 2. The van der Waals surface area contributed by atoms with Crippen LogP contribution in [0.15, 0.2) is 36.5 Å². The first kappa shape index (κ1) is 9.28. The number of aryl methyl sites for hydroxylation is 2. The van der Waals surface area contributed by atoms with Crippen LogP contribution in [-0.2, 0) is 0 Å². The molecule has 0 radical (unpaired) electrons. The quantitative estimate of drug-likeness (QED) is 0.612. The van der Waals surface area contributed by atoms with E-state index in [0.29, 0.717) is 0 Å². The van der Waals surface area contributed by atoms with Crippen molar-refractivity contribution in [2.45, 2.75) is 13.8 Å². The normalized spacial score (nSPS) is 11.1. The Bertz CT molecular complexity index is 644. The van der Waals surface area contributed by atoms with E-state index in [0.717, 1.165) is 0 Å². The summed E-state index contributed by atoms with van der Waals surface area (Å²) in [5, 5.41) is 2.54. The maximum atomic E-state index is 3.36. The van der Waals surface area contributed by atoms with Gasteiger partial charge in [0.25, 0.3) is 0 Å². The number of aromatic amines is 2.